The second kappa shape index (κ2) is 9.47. The molecule has 222 valence electrons. The zero-order valence-electron chi connectivity index (χ0n) is 23.9. The fourth-order valence-electron chi connectivity index (χ4n) is 7.23. The van der Waals surface area contributed by atoms with E-state index < -0.39 is 17.7 Å². The lowest BCUT2D eigenvalue weighted by atomic mass is 9.53. The summed E-state index contributed by atoms with van der Waals surface area (Å²) in [5.41, 5.74) is 0.464. The predicted octanol–water partition coefficient (Wildman–Crippen LogP) is 7.00. The maximum absolute atomic E-state index is 16.4. The minimum absolute atomic E-state index is 0.120. The maximum atomic E-state index is 16.4. The monoisotopic (exact) mass is 583 g/mol. The van der Waals surface area contributed by atoms with E-state index in [0.29, 0.717) is 34.7 Å². The first kappa shape index (κ1) is 27.3. The van der Waals surface area contributed by atoms with Crippen LogP contribution >= 0.6 is 0 Å². The number of alkyl halides is 3. The number of aromatic nitrogens is 7. The van der Waals surface area contributed by atoms with Crippen molar-refractivity contribution in [3.63, 3.8) is 0 Å². The Morgan fingerprint density at radius 2 is 1.74 bits per heavy atom. The first-order chi connectivity index (χ1) is 20.0. The van der Waals surface area contributed by atoms with Crippen molar-refractivity contribution >= 4 is 10.9 Å². The highest BCUT2D eigenvalue weighted by atomic mass is 19.4. The van der Waals surface area contributed by atoms with Crippen LogP contribution in [0.1, 0.15) is 94.4 Å². The molecule has 4 saturated carbocycles. The molecule has 0 radical (unpaired) electrons. The molecule has 0 spiro atoms. The first-order valence-electron chi connectivity index (χ1n) is 14.6. The van der Waals surface area contributed by atoms with Gasteiger partial charge in [0, 0.05) is 41.7 Å². The fourth-order valence-corrected chi connectivity index (χ4v) is 7.23. The zero-order chi connectivity index (χ0) is 29.4. The number of halogens is 4. The Morgan fingerprint density at radius 3 is 2.36 bits per heavy atom. The maximum Gasteiger partial charge on any atom is 0.434 e. The van der Waals surface area contributed by atoms with E-state index >= 15 is 4.39 Å². The van der Waals surface area contributed by atoms with Crippen LogP contribution in [0.15, 0.2) is 24.9 Å². The molecule has 4 aliphatic rings. The highest BCUT2D eigenvalue weighted by Gasteiger charge is 2.52. The van der Waals surface area contributed by atoms with Gasteiger partial charge in [-0.1, -0.05) is 0 Å². The molecule has 8 nitrogen and oxygen atoms in total. The number of ether oxygens (including phenoxy) is 1. The normalized spacial score (nSPS) is 24.2. The van der Waals surface area contributed by atoms with Crippen LogP contribution in [0.3, 0.4) is 0 Å². The third-order valence-corrected chi connectivity index (χ3v) is 9.79. The number of methoxy groups -OCH3 is 1. The molecule has 0 aromatic carbocycles. The van der Waals surface area contributed by atoms with Gasteiger partial charge in [-0.15, -0.1) is 0 Å². The molecule has 4 fully saturated rings. The van der Waals surface area contributed by atoms with Gasteiger partial charge in [0.15, 0.2) is 11.5 Å². The zero-order valence-corrected chi connectivity index (χ0v) is 23.9. The number of fused-ring (bicyclic) bond motifs is 4. The van der Waals surface area contributed by atoms with Gasteiger partial charge in [0.2, 0.25) is 5.88 Å². The Balaban J connectivity index is 1.20. The van der Waals surface area contributed by atoms with Crippen molar-refractivity contribution in [2.75, 3.05) is 7.11 Å². The number of pyridine rings is 1. The second-order valence-corrected chi connectivity index (χ2v) is 12.7. The summed E-state index contributed by atoms with van der Waals surface area (Å²) in [6.45, 7) is 4.31. The van der Waals surface area contributed by atoms with E-state index in [1.807, 2.05) is 13.8 Å². The van der Waals surface area contributed by atoms with Crippen molar-refractivity contribution in [1.82, 2.24) is 34.3 Å². The summed E-state index contributed by atoms with van der Waals surface area (Å²) >= 11 is 0. The Bertz CT molecular complexity index is 1650. The largest absolute Gasteiger partial charge is 0.480 e. The van der Waals surface area contributed by atoms with Crippen LogP contribution in [-0.4, -0.2) is 41.4 Å². The molecule has 0 N–H and O–H groups in total. The van der Waals surface area contributed by atoms with Gasteiger partial charge in [0.25, 0.3) is 0 Å². The Labute approximate surface area is 240 Å². The number of nitrogens with zero attached hydrogens (tertiary/aromatic N) is 7. The third kappa shape index (κ3) is 4.27. The van der Waals surface area contributed by atoms with Crippen molar-refractivity contribution in [3.8, 4) is 17.1 Å². The standard InChI is InChI=1S/C30H33F4N7O/c1-17(2)40-14-20(30(32,33)34)39-27(40)29-9-6-28(7-10-29,8-11-29)15-41-25-19(13-38-41)12-35-24(22(25)31)21-23(18-4-5-18)36-16-37-26(21)42-3/h12-14,16-18H,4-11,15H2,1-3H3. The summed E-state index contributed by atoms with van der Waals surface area (Å²) in [7, 11) is 1.51. The summed E-state index contributed by atoms with van der Waals surface area (Å²) in [6, 6.07) is -0.123. The average Bonchev–Trinajstić information content (AvgIpc) is 3.57. The van der Waals surface area contributed by atoms with Gasteiger partial charge >= 0.3 is 6.18 Å². The summed E-state index contributed by atoms with van der Waals surface area (Å²) < 4.78 is 66.1. The van der Waals surface area contributed by atoms with E-state index in [1.54, 1.807) is 21.6 Å². The molecule has 0 saturated heterocycles. The molecular weight excluding hydrogens is 550 g/mol. The van der Waals surface area contributed by atoms with Crippen molar-refractivity contribution < 1.29 is 22.3 Å². The topological polar surface area (TPSA) is 83.5 Å². The van der Waals surface area contributed by atoms with E-state index in [4.69, 9.17) is 4.74 Å². The van der Waals surface area contributed by atoms with Gasteiger partial charge in [-0.05, 0) is 70.6 Å². The summed E-state index contributed by atoms with van der Waals surface area (Å²) in [5.74, 6) is 0.610. The SMILES string of the molecule is COc1ncnc(C2CC2)c1-c1ncc2cnn(CC34CCC(c5nc(C(F)(F)F)cn5C(C)C)(CC3)CC4)c2c1F. The van der Waals surface area contributed by atoms with Crippen LogP contribution in [-0.2, 0) is 18.1 Å². The lowest BCUT2D eigenvalue weighted by molar-refractivity contribution is -0.141. The third-order valence-electron chi connectivity index (χ3n) is 9.79. The van der Waals surface area contributed by atoms with Gasteiger partial charge in [0.1, 0.15) is 23.4 Å². The van der Waals surface area contributed by atoms with Crippen LogP contribution in [0.2, 0.25) is 0 Å². The molecule has 0 amide bonds. The van der Waals surface area contributed by atoms with Gasteiger partial charge in [-0.25, -0.2) is 19.3 Å². The molecule has 0 unspecified atom stereocenters. The minimum atomic E-state index is -4.48. The summed E-state index contributed by atoms with van der Waals surface area (Å²) in [4.78, 5) is 17.3. The highest BCUT2D eigenvalue weighted by molar-refractivity contribution is 5.84. The number of hydrogen-bond donors (Lipinski definition) is 0. The van der Waals surface area contributed by atoms with Crippen LogP contribution < -0.4 is 4.74 Å². The van der Waals surface area contributed by atoms with Crippen LogP contribution in [0.25, 0.3) is 22.2 Å². The van der Waals surface area contributed by atoms with Crippen molar-refractivity contribution in [3.05, 3.63) is 47.9 Å². The van der Waals surface area contributed by atoms with E-state index in [9.17, 15) is 13.2 Å². The molecule has 4 aliphatic carbocycles. The number of rotatable bonds is 7. The van der Waals surface area contributed by atoms with Crippen molar-refractivity contribution in [1.29, 1.82) is 0 Å². The lowest BCUT2D eigenvalue weighted by Crippen LogP contribution is -2.47. The smallest absolute Gasteiger partial charge is 0.434 e. The van der Waals surface area contributed by atoms with E-state index in [1.165, 1.54) is 13.4 Å². The Hall–Kier alpha value is -3.57. The van der Waals surface area contributed by atoms with Gasteiger partial charge in [0.05, 0.1) is 24.6 Å². The minimum Gasteiger partial charge on any atom is -0.480 e. The van der Waals surface area contributed by atoms with Crippen molar-refractivity contribution in [2.24, 2.45) is 5.41 Å². The van der Waals surface area contributed by atoms with Crippen LogP contribution in [0.4, 0.5) is 17.6 Å². The fraction of sp³-hybridized carbons (Fsp3) is 0.567. The molecule has 4 aromatic heterocycles. The van der Waals surface area contributed by atoms with E-state index in [-0.39, 0.29) is 28.5 Å². The molecule has 4 heterocycles. The van der Waals surface area contributed by atoms with Crippen molar-refractivity contribution in [2.45, 2.75) is 95.3 Å². The molecule has 4 aromatic rings. The van der Waals surface area contributed by atoms with Crippen LogP contribution in [0, 0.1) is 11.2 Å². The predicted molar refractivity (Wildman–Crippen MR) is 146 cm³/mol. The summed E-state index contributed by atoms with van der Waals surface area (Å²) in [5, 5.41) is 5.19. The van der Waals surface area contributed by atoms with E-state index in [2.05, 4.69) is 25.0 Å². The molecule has 12 heteroatoms. The first-order valence-corrected chi connectivity index (χ1v) is 14.6. The summed E-state index contributed by atoms with van der Waals surface area (Å²) in [6.07, 6.45) is 8.02. The lowest BCUT2D eigenvalue weighted by Gasteiger charge is -2.53. The molecule has 2 bridgehead atoms. The van der Waals surface area contributed by atoms with E-state index in [0.717, 1.165) is 63.3 Å². The van der Waals surface area contributed by atoms with Gasteiger partial charge in [-0.2, -0.15) is 18.3 Å². The van der Waals surface area contributed by atoms with Crippen LogP contribution in [0.5, 0.6) is 5.88 Å². The average molecular weight is 584 g/mol. The quantitative estimate of drug-likeness (QED) is 0.218. The molecule has 0 atom stereocenters. The Kier molecular flexibility index (Phi) is 6.15. The molecular formula is C30H33F4N7O. The number of hydrogen-bond acceptors (Lipinski definition) is 6. The highest BCUT2D eigenvalue weighted by Crippen LogP contribution is 2.58. The Morgan fingerprint density at radius 1 is 1.02 bits per heavy atom. The van der Waals surface area contributed by atoms with Gasteiger partial charge in [-0.3, -0.25) is 9.67 Å². The van der Waals surface area contributed by atoms with Gasteiger partial charge < -0.3 is 9.30 Å². The molecule has 8 rings (SSSR count). The number of imidazole rings is 1. The molecule has 0 aliphatic heterocycles. The molecule has 42 heavy (non-hydrogen) atoms. The second-order valence-electron chi connectivity index (χ2n) is 12.7.